The largest absolute Gasteiger partial charge is 0.377 e. The van der Waals surface area contributed by atoms with Crippen LogP contribution in [-0.4, -0.2) is 9.78 Å². The van der Waals surface area contributed by atoms with E-state index in [0.717, 1.165) is 21.9 Å². The molecule has 3 nitrogen and oxygen atoms in total. The fourth-order valence-corrected chi connectivity index (χ4v) is 2.17. The van der Waals surface area contributed by atoms with Crippen molar-refractivity contribution in [1.82, 2.24) is 9.78 Å². The number of hydrogen-bond donors (Lipinski definition) is 1. The quantitative estimate of drug-likeness (QED) is 0.941. The number of benzene rings is 1. The lowest BCUT2D eigenvalue weighted by atomic mass is 10.3. The Hall–Kier alpha value is -1.43. The van der Waals surface area contributed by atoms with Crippen molar-refractivity contribution in [3.8, 4) is 0 Å². The molecular weight excluding hydrogens is 304 g/mol. The minimum Gasteiger partial charge on any atom is -0.377 e. The zero-order chi connectivity index (χ0) is 13.3. The molecule has 0 fully saturated rings. The maximum Gasteiger partial charge on any atom is 0.181 e. The summed E-state index contributed by atoms with van der Waals surface area (Å²) < 4.78 is 29.0. The normalized spacial score (nSPS) is 10.7. The molecular formula is C12H12BrF2N3. The molecule has 0 saturated carbocycles. The first-order chi connectivity index (χ1) is 8.50. The van der Waals surface area contributed by atoms with Crippen LogP contribution in [0.2, 0.25) is 0 Å². The van der Waals surface area contributed by atoms with Crippen molar-refractivity contribution < 1.29 is 8.78 Å². The van der Waals surface area contributed by atoms with Crippen LogP contribution in [0.1, 0.15) is 11.4 Å². The number of halogens is 3. The van der Waals surface area contributed by atoms with Gasteiger partial charge in [-0.1, -0.05) is 6.07 Å². The van der Waals surface area contributed by atoms with Gasteiger partial charge in [-0.15, -0.1) is 0 Å². The number of rotatable bonds is 3. The van der Waals surface area contributed by atoms with E-state index in [2.05, 4.69) is 26.3 Å². The molecule has 0 amide bonds. The summed E-state index contributed by atoms with van der Waals surface area (Å²) in [5.41, 5.74) is 1.87. The Morgan fingerprint density at radius 3 is 2.72 bits per heavy atom. The van der Waals surface area contributed by atoms with E-state index in [9.17, 15) is 8.78 Å². The summed E-state index contributed by atoms with van der Waals surface area (Å²) in [5, 5.41) is 7.08. The topological polar surface area (TPSA) is 29.9 Å². The van der Waals surface area contributed by atoms with Gasteiger partial charge in [0.1, 0.15) is 0 Å². The van der Waals surface area contributed by atoms with Gasteiger partial charge in [0.15, 0.2) is 11.6 Å². The molecule has 18 heavy (non-hydrogen) atoms. The molecule has 0 saturated heterocycles. The van der Waals surface area contributed by atoms with Gasteiger partial charge in [-0.05, 0) is 35.0 Å². The van der Waals surface area contributed by atoms with Gasteiger partial charge in [-0.2, -0.15) is 5.10 Å². The van der Waals surface area contributed by atoms with Crippen LogP contribution < -0.4 is 5.32 Å². The van der Waals surface area contributed by atoms with E-state index in [1.807, 2.05) is 6.92 Å². The van der Waals surface area contributed by atoms with Crippen LogP contribution in [0.5, 0.6) is 0 Å². The van der Waals surface area contributed by atoms with Crippen molar-refractivity contribution in [2.75, 3.05) is 5.32 Å². The molecule has 0 spiro atoms. The Kier molecular flexibility index (Phi) is 3.65. The van der Waals surface area contributed by atoms with Crippen LogP contribution in [0.3, 0.4) is 0 Å². The Labute approximate surface area is 112 Å². The maximum absolute atomic E-state index is 13.4. The molecule has 0 bridgehead atoms. The van der Waals surface area contributed by atoms with Gasteiger partial charge < -0.3 is 5.32 Å². The average Bonchev–Trinajstić information content (AvgIpc) is 2.56. The predicted molar refractivity (Wildman–Crippen MR) is 69.3 cm³/mol. The van der Waals surface area contributed by atoms with Gasteiger partial charge in [0, 0.05) is 7.05 Å². The predicted octanol–water partition coefficient (Wildman–Crippen LogP) is 3.38. The van der Waals surface area contributed by atoms with Crippen molar-refractivity contribution >= 4 is 21.6 Å². The first-order valence-corrected chi connectivity index (χ1v) is 6.16. The first kappa shape index (κ1) is 13.0. The molecule has 6 heteroatoms. The fourth-order valence-electron chi connectivity index (χ4n) is 1.69. The van der Waals surface area contributed by atoms with E-state index in [1.165, 1.54) is 12.1 Å². The fraction of sp³-hybridized carbons (Fsp3) is 0.250. The molecule has 1 N–H and O–H groups in total. The van der Waals surface area contributed by atoms with Crippen LogP contribution in [0.25, 0.3) is 0 Å². The molecule has 0 aliphatic rings. The molecule has 1 aromatic carbocycles. The molecule has 96 valence electrons. The van der Waals surface area contributed by atoms with Gasteiger partial charge in [0.05, 0.1) is 28.1 Å². The minimum atomic E-state index is -0.868. The van der Waals surface area contributed by atoms with Gasteiger partial charge >= 0.3 is 0 Å². The molecule has 2 rings (SSSR count). The van der Waals surface area contributed by atoms with Crippen molar-refractivity contribution in [3.05, 3.63) is 45.7 Å². The zero-order valence-electron chi connectivity index (χ0n) is 9.97. The highest BCUT2D eigenvalue weighted by Gasteiger charge is 2.12. The summed E-state index contributed by atoms with van der Waals surface area (Å²) in [5.74, 6) is -1.73. The van der Waals surface area contributed by atoms with Crippen LogP contribution in [-0.2, 0) is 13.6 Å². The highest BCUT2D eigenvalue weighted by Crippen LogP contribution is 2.22. The van der Waals surface area contributed by atoms with Crippen molar-refractivity contribution in [1.29, 1.82) is 0 Å². The van der Waals surface area contributed by atoms with Gasteiger partial charge in [0.2, 0.25) is 0 Å². The van der Waals surface area contributed by atoms with Crippen molar-refractivity contribution in [2.45, 2.75) is 13.5 Å². The van der Waals surface area contributed by atoms with Gasteiger partial charge in [-0.25, -0.2) is 8.78 Å². The lowest BCUT2D eigenvalue weighted by Gasteiger charge is -2.08. The Morgan fingerprint density at radius 1 is 1.39 bits per heavy atom. The highest BCUT2D eigenvalue weighted by atomic mass is 79.9. The summed E-state index contributed by atoms with van der Waals surface area (Å²) in [4.78, 5) is 0. The monoisotopic (exact) mass is 315 g/mol. The number of nitrogens with zero attached hydrogens (tertiary/aromatic N) is 2. The highest BCUT2D eigenvalue weighted by molar-refractivity contribution is 9.10. The number of aryl methyl sites for hydroxylation is 2. The van der Waals surface area contributed by atoms with Crippen LogP contribution in [0, 0.1) is 18.6 Å². The van der Waals surface area contributed by atoms with E-state index in [4.69, 9.17) is 0 Å². The number of aromatic nitrogens is 2. The van der Waals surface area contributed by atoms with Gasteiger partial charge in [0.25, 0.3) is 0 Å². The SMILES string of the molecule is Cc1nn(C)c(CNc2cccc(F)c2F)c1Br. The van der Waals surface area contributed by atoms with E-state index in [1.54, 1.807) is 11.7 Å². The van der Waals surface area contributed by atoms with Crippen molar-refractivity contribution in [2.24, 2.45) is 7.05 Å². The molecule has 0 aliphatic heterocycles. The molecule has 0 aliphatic carbocycles. The van der Waals surface area contributed by atoms with Crippen LogP contribution in [0.4, 0.5) is 14.5 Å². The molecule has 0 atom stereocenters. The van der Waals surface area contributed by atoms with Crippen molar-refractivity contribution in [3.63, 3.8) is 0 Å². The lowest BCUT2D eigenvalue weighted by molar-refractivity contribution is 0.510. The first-order valence-electron chi connectivity index (χ1n) is 5.36. The second-order valence-electron chi connectivity index (χ2n) is 3.92. The summed E-state index contributed by atoms with van der Waals surface area (Å²) in [6, 6.07) is 4.05. The number of nitrogens with one attached hydrogen (secondary N) is 1. The molecule has 1 heterocycles. The molecule has 0 radical (unpaired) electrons. The second-order valence-corrected chi connectivity index (χ2v) is 4.72. The third-order valence-corrected chi connectivity index (χ3v) is 3.69. The molecule has 2 aromatic rings. The third-order valence-electron chi connectivity index (χ3n) is 2.66. The molecule has 1 aromatic heterocycles. The van der Waals surface area contributed by atoms with E-state index < -0.39 is 11.6 Å². The summed E-state index contributed by atoms with van der Waals surface area (Å²) in [7, 11) is 1.80. The van der Waals surface area contributed by atoms with E-state index in [-0.39, 0.29) is 5.69 Å². The summed E-state index contributed by atoms with van der Waals surface area (Å²) in [6.45, 7) is 2.23. The Morgan fingerprint density at radius 2 is 2.11 bits per heavy atom. The standard InChI is InChI=1S/C12H12BrF2N3/c1-7-11(13)10(18(2)17-7)6-16-9-5-3-4-8(14)12(9)15/h3-5,16H,6H2,1-2H3. The van der Waals surface area contributed by atoms with Crippen LogP contribution >= 0.6 is 15.9 Å². The zero-order valence-corrected chi connectivity index (χ0v) is 11.6. The lowest BCUT2D eigenvalue weighted by Crippen LogP contribution is -2.07. The van der Waals surface area contributed by atoms with E-state index in [0.29, 0.717) is 6.54 Å². The Balaban J connectivity index is 2.19. The molecule has 0 unspecified atom stereocenters. The second kappa shape index (κ2) is 5.06. The summed E-state index contributed by atoms with van der Waals surface area (Å²) >= 11 is 3.42. The van der Waals surface area contributed by atoms with Crippen LogP contribution in [0.15, 0.2) is 22.7 Å². The average molecular weight is 316 g/mol. The minimum absolute atomic E-state index is 0.140. The maximum atomic E-state index is 13.4. The van der Waals surface area contributed by atoms with E-state index >= 15 is 0 Å². The summed E-state index contributed by atoms with van der Waals surface area (Å²) in [6.07, 6.45) is 0. The third kappa shape index (κ3) is 2.38. The Bertz CT molecular complexity index is 581. The smallest absolute Gasteiger partial charge is 0.181 e. The van der Waals surface area contributed by atoms with Gasteiger partial charge in [-0.3, -0.25) is 4.68 Å². The number of anilines is 1. The number of hydrogen-bond acceptors (Lipinski definition) is 2.